The van der Waals surface area contributed by atoms with E-state index in [2.05, 4.69) is 4.90 Å². The number of rotatable bonds is 4. The Labute approximate surface area is 140 Å². The first-order valence-corrected chi connectivity index (χ1v) is 8.07. The highest BCUT2D eigenvalue weighted by Gasteiger charge is 2.41. The van der Waals surface area contributed by atoms with Crippen molar-refractivity contribution in [1.82, 2.24) is 4.90 Å². The third-order valence-electron chi connectivity index (χ3n) is 4.37. The van der Waals surface area contributed by atoms with E-state index in [1.807, 2.05) is 0 Å². The molecular weight excluding hydrogens is 312 g/mol. The van der Waals surface area contributed by atoms with Gasteiger partial charge in [-0.05, 0) is 32.0 Å². The zero-order chi connectivity index (χ0) is 17.3. The lowest BCUT2D eigenvalue weighted by atomic mass is 10.0. The van der Waals surface area contributed by atoms with Crippen LogP contribution in [0.3, 0.4) is 0 Å². The fraction of sp³-hybridized carbons (Fsp3) is 0.529. The largest absolute Gasteiger partial charge is 0.478 e. The number of fused-ring (bicyclic) bond motifs is 1. The van der Waals surface area contributed by atoms with Gasteiger partial charge in [-0.3, -0.25) is 9.69 Å². The van der Waals surface area contributed by atoms with Crippen molar-refractivity contribution in [3.05, 3.63) is 23.8 Å². The summed E-state index contributed by atoms with van der Waals surface area (Å²) >= 11 is 0. The molecule has 7 nitrogen and oxygen atoms in total. The molecule has 0 aromatic heterocycles. The second-order valence-electron chi connectivity index (χ2n) is 6.51. The van der Waals surface area contributed by atoms with E-state index in [0.717, 1.165) is 13.1 Å². The van der Waals surface area contributed by atoms with E-state index >= 15 is 0 Å². The molecule has 1 aromatic rings. The molecule has 2 aliphatic heterocycles. The summed E-state index contributed by atoms with van der Waals surface area (Å²) in [4.78, 5) is 27.9. The number of morpholine rings is 1. The average Bonchev–Trinajstić information content (AvgIpc) is 2.55. The van der Waals surface area contributed by atoms with Crippen LogP contribution in [0, 0.1) is 0 Å². The molecule has 2 heterocycles. The van der Waals surface area contributed by atoms with Gasteiger partial charge >= 0.3 is 5.97 Å². The molecule has 0 radical (unpaired) electrons. The van der Waals surface area contributed by atoms with Gasteiger partial charge in [-0.1, -0.05) is 0 Å². The van der Waals surface area contributed by atoms with Crippen molar-refractivity contribution in [2.24, 2.45) is 0 Å². The number of ether oxygens (including phenoxy) is 2. The highest BCUT2D eigenvalue weighted by atomic mass is 16.5. The van der Waals surface area contributed by atoms with Gasteiger partial charge in [0.2, 0.25) is 0 Å². The standard InChI is InChI=1S/C17H22N2O5/c1-17(2)16(22)19(6-5-18-7-9-23-10-8-18)13-11-12(15(20)21)3-4-14(13)24-17/h3-4,11H,5-10H2,1-2H3,(H,20,21). The zero-order valence-electron chi connectivity index (χ0n) is 13.9. The van der Waals surface area contributed by atoms with Gasteiger partial charge in [0.25, 0.3) is 5.91 Å². The van der Waals surface area contributed by atoms with Crippen molar-refractivity contribution in [3.8, 4) is 5.75 Å². The van der Waals surface area contributed by atoms with Crippen LogP contribution < -0.4 is 9.64 Å². The van der Waals surface area contributed by atoms with Crippen molar-refractivity contribution in [2.75, 3.05) is 44.3 Å². The highest BCUT2D eigenvalue weighted by Crippen LogP contribution is 2.38. The molecule has 1 saturated heterocycles. The molecule has 0 aliphatic carbocycles. The molecule has 3 rings (SSSR count). The normalized spacial score (nSPS) is 20.4. The lowest BCUT2D eigenvalue weighted by molar-refractivity contribution is -0.132. The predicted molar refractivity (Wildman–Crippen MR) is 87.7 cm³/mol. The Morgan fingerprint density at radius 3 is 2.62 bits per heavy atom. The quantitative estimate of drug-likeness (QED) is 0.892. The first kappa shape index (κ1) is 16.7. The summed E-state index contributed by atoms with van der Waals surface area (Å²) in [5.41, 5.74) is -0.309. The summed E-state index contributed by atoms with van der Waals surface area (Å²) < 4.78 is 11.1. The molecule has 0 saturated carbocycles. The third kappa shape index (κ3) is 3.22. The van der Waals surface area contributed by atoms with E-state index in [-0.39, 0.29) is 11.5 Å². The summed E-state index contributed by atoms with van der Waals surface area (Å²) in [6.45, 7) is 7.72. The van der Waals surface area contributed by atoms with Gasteiger partial charge in [0, 0.05) is 26.2 Å². The minimum absolute atomic E-state index is 0.140. The number of amides is 1. The van der Waals surface area contributed by atoms with Gasteiger partial charge in [0.1, 0.15) is 5.75 Å². The molecule has 0 atom stereocenters. The van der Waals surface area contributed by atoms with Crippen molar-refractivity contribution in [1.29, 1.82) is 0 Å². The van der Waals surface area contributed by atoms with E-state index in [1.165, 1.54) is 12.1 Å². The fourth-order valence-corrected chi connectivity index (χ4v) is 2.99. The minimum Gasteiger partial charge on any atom is -0.478 e. The number of hydrogen-bond donors (Lipinski definition) is 1. The summed E-state index contributed by atoms with van der Waals surface area (Å²) in [6, 6.07) is 4.62. The summed E-state index contributed by atoms with van der Waals surface area (Å²) in [5, 5.41) is 9.21. The number of nitrogens with zero attached hydrogens (tertiary/aromatic N) is 2. The van der Waals surface area contributed by atoms with Gasteiger partial charge in [0.05, 0.1) is 24.5 Å². The predicted octanol–water partition coefficient (Wildman–Crippen LogP) is 1.22. The van der Waals surface area contributed by atoms with Crippen molar-refractivity contribution in [3.63, 3.8) is 0 Å². The molecule has 1 aromatic carbocycles. The smallest absolute Gasteiger partial charge is 0.335 e. The molecule has 1 fully saturated rings. The second-order valence-corrected chi connectivity index (χ2v) is 6.51. The number of carboxylic acids is 1. The Morgan fingerprint density at radius 2 is 1.96 bits per heavy atom. The number of carbonyl (C=O) groups excluding carboxylic acids is 1. The molecule has 1 amide bonds. The van der Waals surface area contributed by atoms with Crippen molar-refractivity contribution in [2.45, 2.75) is 19.4 Å². The molecule has 1 N–H and O–H groups in total. The first-order chi connectivity index (χ1) is 11.4. The number of hydrogen-bond acceptors (Lipinski definition) is 5. The summed E-state index contributed by atoms with van der Waals surface area (Å²) in [5.74, 6) is -0.652. The van der Waals surface area contributed by atoms with Crippen LogP contribution in [0.4, 0.5) is 5.69 Å². The summed E-state index contributed by atoms with van der Waals surface area (Å²) in [7, 11) is 0. The Kier molecular flexibility index (Phi) is 4.47. The van der Waals surface area contributed by atoms with E-state index in [9.17, 15) is 14.7 Å². The topological polar surface area (TPSA) is 79.3 Å². The zero-order valence-corrected chi connectivity index (χ0v) is 13.9. The van der Waals surface area contributed by atoms with Crippen LogP contribution in [0.1, 0.15) is 24.2 Å². The first-order valence-electron chi connectivity index (χ1n) is 8.07. The third-order valence-corrected chi connectivity index (χ3v) is 4.37. The van der Waals surface area contributed by atoms with Gasteiger partial charge in [0.15, 0.2) is 5.60 Å². The van der Waals surface area contributed by atoms with E-state index in [4.69, 9.17) is 9.47 Å². The molecule has 130 valence electrons. The van der Waals surface area contributed by atoms with Crippen LogP contribution in [0.15, 0.2) is 18.2 Å². The fourth-order valence-electron chi connectivity index (χ4n) is 2.99. The maximum absolute atomic E-state index is 12.8. The molecular formula is C17H22N2O5. The van der Waals surface area contributed by atoms with Crippen LogP contribution in [-0.2, 0) is 9.53 Å². The summed E-state index contributed by atoms with van der Waals surface area (Å²) in [6.07, 6.45) is 0. The van der Waals surface area contributed by atoms with E-state index in [0.29, 0.717) is 37.7 Å². The Balaban J connectivity index is 1.86. The monoisotopic (exact) mass is 334 g/mol. The van der Waals surface area contributed by atoms with Crippen LogP contribution in [-0.4, -0.2) is 66.9 Å². The van der Waals surface area contributed by atoms with Gasteiger partial charge in [-0.2, -0.15) is 0 Å². The van der Waals surface area contributed by atoms with Crippen molar-refractivity contribution < 1.29 is 24.2 Å². The number of benzene rings is 1. The lowest BCUT2D eigenvalue weighted by Crippen LogP contribution is -2.54. The van der Waals surface area contributed by atoms with Gasteiger partial charge in [-0.15, -0.1) is 0 Å². The number of anilines is 1. The van der Waals surface area contributed by atoms with Gasteiger partial charge < -0.3 is 19.5 Å². The van der Waals surface area contributed by atoms with Gasteiger partial charge in [-0.25, -0.2) is 4.79 Å². The van der Waals surface area contributed by atoms with Crippen LogP contribution in [0.5, 0.6) is 5.75 Å². The van der Waals surface area contributed by atoms with E-state index < -0.39 is 11.6 Å². The van der Waals surface area contributed by atoms with Crippen LogP contribution in [0.2, 0.25) is 0 Å². The Bertz CT molecular complexity index is 652. The average molecular weight is 334 g/mol. The molecule has 7 heteroatoms. The number of carboxylic acid groups (broad SMARTS) is 1. The van der Waals surface area contributed by atoms with E-state index in [1.54, 1.807) is 24.8 Å². The second kappa shape index (κ2) is 6.41. The maximum Gasteiger partial charge on any atom is 0.335 e. The molecule has 0 bridgehead atoms. The SMILES string of the molecule is CC1(C)Oc2ccc(C(=O)O)cc2N(CCN2CCOCC2)C1=O. The van der Waals surface area contributed by atoms with Crippen molar-refractivity contribution >= 4 is 17.6 Å². The Hall–Kier alpha value is -2.12. The molecule has 0 unspecified atom stereocenters. The molecule has 0 spiro atoms. The lowest BCUT2D eigenvalue weighted by Gasteiger charge is -2.40. The maximum atomic E-state index is 12.8. The minimum atomic E-state index is -1.02. The number of carbonyl (C=O) groups is 2. The Morgan fingerprint density at radius 1 is 1.25 bits per heavy atom. The van der Waals surface area contributed by atoms with Crippen LogP contribution >= 0.6 is 0 Å². The number of aromatic carboxylic acids is 1. The highest BCUT2D eigenvalue weighted by molar-refractivity contribution is 6.03. The molecule has 2 aliphatic rings. The molecule has 24 heavy (non-hydrogen) atoms. The van der Waals surface area contributed by atoms with Crippen LogP contribution in [0.25, 0.3) is 0 Å².